The first-order valence-electron chi connectivity index (χ1n) is 5.83. The molecule has 0 saturated carbocycles. The molecule has 1 aromatic carbocycles. The van der Waals surface area contributed by atoms with E-state index < -0.39 is 0 Å². The number of benzene rings is 1. The topological polar surface area (TPSA) is 52.3 Å². The van der Waals surface area contributed by atoms with Crippen molar-refractivity contribution in [1.82, 2.24) is 0 Å². The number of carbonyl (C=O) groups is 1. The molecule has 19 heavy (non-hydrogen) atoms. The van der Waals surface area contributed by atoms with Crippen LogP contribution in [0.4, 0.5) is 5.00 Å². The minimum absolute atomic E-state index is 0.383. The number of hydrogen-bond acceptors (Lipinski definition) is 4. The third-order valence-electron chi connectivity index (χ3n) is 2.85. The Labute approximate surface area is 124 Å². The van der Waals surface area contributed by atoms with Crippen LogP contribution in [0.1, 0.15) is 22.2 Å². The number of nitrogen functional groups attached to an aromatic ring is 1. The fourth-order valence-corrected chi connectivity index (χ4v) is 3.26. The highest BCUT2D eigenvalue weighted by atomic mass is 79.9. The van der Waals surface area contributed by atoms with Crippen LogP contribution in [-0.4, -0.2) is 13.1 Å². The van der Waals surface area contributed by atoms with Gasteiger partial charge in [0.15, 0.2) is 0 Å². The number of esters is 1. The van der Waals surface area contributed by atoms with Crippen LogP contribution in [0.3, 0.4) is 0 Å². The van der Waals surface area contributed by atoms with E-state index in [0.717, 1.165) is 26.9 Å². The Bertz CT molecular complexity index is 605. The predicted molar refractivity (Wildman–Crippen MR) is 82.6 cm³/mol. The lowest BCUT2D eigenvalue weighted by Crippen LogP contribution is -2.04. The maximum absolute atomic E-state index is 11.9. The van der Waals surface area contributed by atoms with E-state index >= 15 is 0 Å². The van der Waals surface area contributed by atoms with Crippen molar-refractivity contribution in [3.05, 3.63) is 39.2 Å². The monoisotopic (exact) mass is 339 g/mol. The summed E-state index contributed by atoms with van der Waals surface area (Å²) in [7, 11) is 1.37. The Kier molecular flexibility index (Phi) is 4.27. The van der Waals surface area contributed by atoms with Gasteiger partial charge >= 0.3 is 5.97 Å². The molecule has 0 radical (unpaired) electrons. The normalized spacial score (nSPS) is 10.5. The Morgan fingerprint density at radius 1 is 1.37 bits per heavy atom. The Hall–Kier alpha value is -1.33. The number of rotatable bonds is 3. The van der Waals surface area contributed by atoms with Crippen molar-refractivity contribution in [3.8, 4) is 11.1 Å². The number of halogens is 1. The van der Waals surface area contributed by atoms with Gasteiger partial charge in [-0.3, -0.25) is 0 Å². The summed E-state index contributed by atoms with van der Waals surface area (Å²) in [6, 6.07) is 7.84. The van der Waals surface area contributed by atoms with E-state index in [1.54, 1.807) is 0 Å². The van der Waals surface area contributed by atoms with E-state index in [-0.39, 0.29) is 5.97 Å². The van der Waals surface area contributed by atoms with Gasteiger partial charge in [-0.25, -0.2) is 4.79 Å². The van der Waals surface area contributed by atoms with Crippen LogP contribution >= 0.6 is 27.3 Å². The van der Waals surface area contributed by atoms with E-state index in [2.05, 4.69) is 22.9 Å². The molecule has 100 valence electrons. The van der Waals surface area contributed by atoms with Crippen molar-refractivity contribution in [3.63, 3.8) is 0 Å². The molecular formula is C14H14BrNO2S. The maximum atomic E-state index is 11.9. The van der Waals surface area contributed by atoms with Crippen molar-refractivity contribution in [2.75, 3.05) is 12.8 Å². The molecule has 0 spiro atoms. The van der Waals surface area contributed by atoms with Crippen molar-refractivity contribution >= 4 is 38.2 Å². The molecule has 1 heterocycles. The van der Waals surface area contributed by atoms with Gasteiger partial charge < -0.3 is 10.5 Å². The zero-order valence-electron chi connectivity index (χ0n) is 10.7. The van der Waals surface area contributed by atoms with Crippen LogP contribution in [0.25, 0.3) is 11.1 Å². The molecule has 0 bridgehead atoms. The first-order valence-corrected chi connectivity index (χ1v) is 7.44. The second kappa shape index (κ2) is 5.75. The van der Waals surface area contributed by atoms with E-state index in [1.165, 1.54) is 18.4 Å². The summed E-state index contributed by atoms with van der Waals surface area (Å²) in [4.78, 5) is 13.0. The largest absolute Gasteiger partial charge is 0.465 e. The van der Waals surface area contributed by atoms with Gasteiger partial charge in [-0.05, 0) is 24.1 Å². The summed E-state index contributed by atoms with van der Waals surface area (Å²) in [5.41, 5.74) is 8.32. The fraction of sp³-hybridized carbons (Fsp3) is 0.214. The molecule has 2 aromatic rings. The molecule has 1 aromatic heterocycles. The van der Waals surface area contributed by atoms with Crippen molar-refractivity contribution in [2.24, 2.45) is 0 Å². The lowest BCUT2D eigenvalue weighted by Gasteiger charge is -2.06. The summed E-state index contributed by atoms with van der Waals surface area (Å²) in [5.74, 6) is -0.383. The molecule has 0 amide bonds. The zero-order chi connectivity index (χ0) is 14.0. The second-order valence-electron chi connectivity index (χ2n) is 3.99. The molecule has 0 aliphatic rings. The SMILES string of the molecule is CCc1sc(N)c(C(=O)OC)c1-c1ccc(Br)cc1. The molecule has 5 heteroatoms. The number of anilines is 1. The molecule has 0 saturated heterocycles. The molecule has 0 unspecified atom stereocenters. The number of hydrogen-bond donors (Lipinski definition) is 1. The van der Waals surface area contributed by atoms with E-state index in [0.29, 0.717) is 10.6 Å². The molecule has 2 rings (SSSR count). The summed E-state index contributed by atoms with van der Waals surface area (Å²) in [6.45, 7) is 2.05. The van der Waals surface area contributed by atoms with E-state index in [9.17, 15) is 4.79 Å². The average molecular weight is 340 g/mol. The van der Waals surface area contributed by atoms with Crippen LogP contribution in [0, 0.1) is 0 Å². The molecule has 0 aliphatic carbocycles. The number of nitrogens with two attached hydrogens (primary N) is 1. The smallest absolute Gasteiger partial charge is 0.341 e. The lowest BCUT2D eigenvalue weighted by atomic mass is 10.0. The highest BCUT2D eigenvalue weighted by Gasteiger charge is 2.23. The van der Waals surface area contributed by atoms with Gasteiger partial charge in [0.05, 0.1) is 7.11 Å². The number of thiophene rings is 1. The third kappa shape index (κ3) is 2.67. The second-order valence-corrected chi connectivity index (χ2v) is 6.04. The van der Waals surface area contributed by atoms with Gasteiger partial charge in [-0.15, -0.1) is 11.3 Å². The molecule has 0 atom stereocenters. The molecule has 0 aliphatic heterocycles. The highest BCUT2D eigenvalue weighted by molar-refractivity contribution is 9.10. The summed E-state index contributed by atoms with van der Waals surface area (Å²) in [5, 5.41) is 0.515. The third-order valence-corrected chi connectivity index (χ3v) is 4.54. The van der Waals surface area contributed by atoms with Crippen molar-refractivity contribution < 1.29 is 9.53 Å². The van der Waals surface area contributed by atoms with Gasteiger partial charge in [0, 0.05) is 14.9 Å². The summed E-state index contributed by atoms with van der Waals surface area (Å²) in [6.07, 6.45) is 0.831. The fourth-order valence-electron chi connectivity index (χ4n) is 1.97. The van der Waals surface area contributed by atoms with Gasteiger partial charge in [-0.2, -0.15) is 0 Å². The van der Waals surface area contributed by atoms with Crippen LogP contribution in [0.15, 0.2) is 28.7 Å². The quantitative estimate of drug-likeness (QED) is 0.856. The Balaban J connectivity index is 2.66. The Morgan fingerprint density at radius 2 is 2.00 bits per heavy atom. The molecular weight excluding hydrogens is 326 g/mol. The van der Waals surface area contributed by atoms with Crippen LogP contribution < -0.4 is 5.73 Å². The van der Waals surface area contributed by atoms with Gasteiger partial charge in [-0.1, -0.05) is 35.0 Å². The van der Waals surface area contributed by atoms with Gasteiger partial charge in [0.1, 0.15) is 10.6 Å². The van der Waals surface area contributed by atoms with Crippen LogP contribution in [0.5, 0.6) is 0 Å². The van der Waals surface area contributed by atoms with E-state index in [1.807, 2.05) is 24.3 Å². The van der Waals surface area contributed by atoms with Crippen LogP contribution in [-0.2, 0) is 11.2 Å². The predicted octanol–water partition coefficient (Wildman–Crippen LogP) is 4.11. The minimum Gasteiger partial charge on any atom is -0.465 e. The first kappa shape index (κ1) is 14.1. The summed E-state index contributed by atoms with van der Waals surface area (Å²) >= 11 is 4.86. The number of methoxy groups -OCH3 is 1. The van der Waals surface area contributed by atoms with E-state index in [4.69, 9.17) is 10.5 Å². The molecule has 3 nitrogen and oxygen atoms in total. The molecule has 2 N–H and O–H groups in total. The average Bonchev–Trinajstić information content (AvgIpc) is 2.75. The Morgan fingerprint density at radius 3 is 2.53 bits per heavy atom. The van der Waals surface area contributed by atoms with Crippen molar-refractivity contribution in [1.29, 1.82) is 0 Å². The molecule has 0 fully saturated rings. The lowest BCUT2D eigenvalue weighted by molar-refractivity contribution is 0.0603. The zero-order valence-corrected chi connectivity index (χ0v) is 13.1. The highest BCUT2D eigenvalue weighted by Crippen LogP contribution is 2.39. The number of ether oxygens (including phenoxy) is 1. The van der Waals surface area contributed by atoms with Crippen LogP contribution in [0.2, 0.25) is 0 Å². The first-order chi connectivity index (χ1) is 9.08. The summed E-state index contributed by atoms with van der Waals surface area (Å²) < 4.78 is 5.84. The minimum atomic E-state index is -0.383. The standard InChI is InChI=1S/C14H14BrNO2S/c1-3-10-11(8-4-6-9(15)7-5-8)12(13(16)19-10)14(17)18-2/h4-7H,3,16H2,1-2H3. The number of carbonyl (C=O) groups excluding carboxylic acids is 1. The maximum Gasteiger partial charge on any atom is 0.341 e. The van der Waals surface area contributed by atoms with Crippen molar-refractivity contribution in [2.45, 2.75) is 13.3 Å². The van der Waals surface area contributed by atoms with Gasteiger partial charge in [0.25, 0.3) is 0 Å². The van der Waals surface area contributed by atoms with Gasteiger partial charge in [0.2, 0.25) is 0 Å². The number of aryl methyl sites for hydroxylation is 1.